The van der Waals surface area contributed by atoms with E-state index in [1.165, 1.54) is 12.7 Å². The first-order valence-electron chi connectivity index (χ1n) is 7.89. The van der Waals surface area contributed by atoms with Crippen LogP contribution in [0.2, 0.25) is 0 Å². The predicted molar refractivity (Wildman–Crippen MR) is 92.8 cm³/mol. The molecule has 0 radical (unpaired) electrons. The number of nitrogen functional groups attached to an aromatic ring is 1. The van der Waals surface area contributed by atoms with Crippen LogP contribution in [-0.4, -0.2) is 71.7 Å². The van der Waals surface area contributed by atoms with E-state index in [0.717, 1.165) is 0 Å². The van der Waals surface area contributed by atoms with Gasteiger partial charge in [-0.3, -0.25) is 0 Å². The molecule has 2 aromatic rings. The third-order valence-electron chi connectivity index (χ3n) is 3.93. The monoisotopic (exact) mass is 402 g/mol. The van der Waals surface area contributed by atoms with Crippen molar-refractivity contribution in [2.24, 2.45) is 0 Å². The molecule has 0 saturated carbocycles. The van der Waals surface area contributed by atoms with Gasteiger partial charge in [-0.15, -0.1) is 0 Å². The van der Waals surface area contributed by atoms with Crippen molar-refractivity contribution in [1.82, 2.24) is 24.6 Å². The summed E-state index contributed by atoms with van der Waals surface area (Å²) in [6.07, 6.45) is 1.45. The molecule has 2 atom stereocenters. The zero-order chi connectivity index (χ0) is 19.6. The van der Waals surface area contributed by atoms with Crippen LogP contribution in [0.3, 0.4) is 0 Å². The van der Waals surface area contributed by atoms with Crippen LogP contribution in [0.5, 0.6) is 0 Å². The number of fused-ring (bicyclic) bond motifs is 1. The van der Waals surface area contributed by atoms with Crippen molar-refractivity contribution >= 4 is 36.8 Å². The quantitative estimate of drug-likeness (QED) is 0.347. The summed E-state index contributed by atoms with van der Waals surface area (Å²) in [5, 5.41) is 20.2. The molecule has 3 heterocycles. The number of ether oxygens (including phenoxy) is 1. The molecule has 148 valence electrons. The van der Waals surface area contributed by atoms with E-state index in [2.05, 4.69) is 20.0 Å². The van der Waals surface area contributed by atoms with Gasteiger partial charge in [0.05, 0.1) is 0 Å². The van der Waals surface area contributed by atoms with Gasteiger partial charge in [-0.2, -0.15) is 0 Å². The van der Waals surface area contributed by atoms with Gasteiger partial charge in [-0.1, -0.05) is 0 Å². The first-order valence-corrected chi connectivity index (χ1v) is 9.95. The summed E-state index contributed by atoms with van der Waals surface area (Å²) in [6, 6.07) is -1.48. The molecular formula is C13H19N6O7P. The third-order valence-corrected chi connectivity index (χ3v) is 5.93. The Bertz CT molecular complexity index is 853. The van der Waals surface area contributed by atoms with Crippen molar-refractivity contribution < 1.29 is 34.0 Å². The fraction of sp³-hybridized carbons (Fsp3) is 0.462. The summed E-state index contributed by atoms with van der Waals surface area (Å²) in [7, 11) is -3.72. The second-order valence-electron chi connectivity index (χ2n) is 5.99. The molecule has 2 aromatic heterocycles. The fourth-order valence-electron chi connectivity index (χ4n) is 2.64. The number of aliphatic carboxylic acids is 2. The van der Waals surface area contributed by atoms with Crippen molar-refractivity contribution in [1.29, 1.82) is 0 Å². The molecule has 27 heavy (non-hydrogen) atoms. The van der Waals surface area contributed by atoms with E-state index in [1.54, 1.807) is 4.57 Å². The second kappa shape index (κ2) is 7.66. The molecular weight excluding hydrogens is 383 g/mol. The Hall–Kier alpha value is -2.44. The molecule has 1 saturated heterocycles. The van der Waals surface area contributed by atoms with Crippen molar-refractivity contribution in [3.8, 4) is 0 Å². The van der Waals surface area contributed by atoms with Crippen molar-refractivity contribution in [3.05, 3.63) is 12.7 Å². The van der Waals surface area contributed by atoms with Crippen LogP contribution in [0.25, 0.3) is 11.2 Å². The van der Waals surface area contributed by atoms with Crippen LogP contribution in [0.1, 0.15) is 6.42 Å². The minimum atomic E-state index is -3.72. The molecule has 14 heteroatoms. The zero-order valence-electron chi connectivity index (χ0n) is 14.0. The van der Waals surface area contributed by atoms with Gasteiger partial charge in [0, 0.05) is 0 Å². The number of hydrogen-bond acceptors (Lipinski definition) is 10. The van der Waals surface area contributed by atoms with Crippen molar-refractivity contribution in [2.75, 3.05) is 18.7 Å². The molecule has 3 rings (SSSR count). The van der Waals surface area contributed by atoms with E-state index in [9.17, 15) is 14.5 Å². The van der Waals surface area contributed by atoms with Gasteiger partial charge in [0.2, 0.25) is 0 Å². The van der Waals surface area contributed by atoms with Crippen LogP contribution in [0.15, 0.2) is 12.7 Å². The Labute approximate surface area is 152 Å². The number of aromatic nitrogens is 4. The van der Waals surface area contributed by atoms with Crippen LogP contribution < -0.4 is 10.8 Å². The number of carbonyl (C=O) groups is 2. The molecule has 0 unspecified atom stereocenters. The number of rotatable bonds is 7. The summed E-state index contributed by atoms with van der Waals surface area (Å²) in [4.78, 5) is 44.4. The van der Waals surface area contributed by atoms with E-state index < -0.39 is 38.4 Å². The number of imidazole rings is 1. The second-order valence-corrected chi connectivity index (χ2v) is 8.42. The Morgan fingerprint density at radius 2 is 2.19 bits per heavy atom. The Kier molecular flexibility index (Phi) is 5.48. The van der Waals surface area contributed by atoms with Gasteiger partial charge in [0.1, 0.15) is 0 Å². The van der Waals surface area contributed by atoms with Crippen molar-refractivity contribution in [2.45, 2.75) is 25.1 Å². The molecule has 0 bridgehead atoms. The predicted octanol–water partition coefficient (Wildman–Crippen LogP) is -1.21. The van der Waals surface area contributed by atoms with E-state index >= 15 is 0 Å². The average molecular weight is 402 g/mol. The summed E-state index contributed by atoms with van der Waals surface area (Å²) >= 11 is 0. The first-order chi connectivity index (χ1) is 12.8. The van der Waals surface area contributed by atoms with Crippen LogP contribution in [0.4, 0.5) is 5.82 Å². The molecule has 1 aliphatic heterocycles. The SMILES string of the molecule is Nc1ncnc2c1ncn2C[C@@H]1CO[PH](O)(N[C@@H](CC(=O)O)C(=O)O)CO1. The number of nitrogens with zero attached hydrogens (tertiary/aromatic N) is 4. The fourth-order valence-corrected chi connectivity index (χ4v) is 4.58. The Balaban J connectivity index is 1.61. The summed E-state index contributed by atoms with van der Waals surface area (Å²) < 4.78 is 12.7. The summed E-state index contributed by atoms with van der Waals surface area (Å²) in [6.45, 7) is 0.296. The first kappa shape index (κ1) is 19.3. The number of nitrogens with one attached hydrogen (secondary N) is 1. The third kappa shape index (κ3) is 4.46. The number of carboxylic acid groups (broad SMARTS) is 2. The van der Waals surface area contributed by atoms with Gasteiger partial charge in [-0.25, -0.2) is 0 Å². The van der Waals surface area contributed by atoms with Gasteiger partial charge in [0.15, 0.2) is 0 Å². The van der Waals surface area contributed by atoms with Gasteiger partial charge >= 0.3 is 152 Å². The molecule has 0 amide bonds. The number of nitrogens with two attached hydrogens (primary N) is 1. The van der Waals surface area contributed by atoms with Crippen LogP contribution >= 0.6 is 7.87 Å². The van der Waals surface area contributed by atoms with Gasteiger partial charge in [0.25, 0.3) is 0 Å². The standard InChI is InChI=1S/C13H19N6O7P/c14-11-10-12(16-4-15-11)19(5-17-10)2-7-3-26-27(24,6-25-7)18-8(13(22)23)1-9(20)21/h4-5,7-8,18,24,27H,1-3,6H2,(H,20,21)(H,22,23)(H2,14,15,16)/t7-,8+/m1/s1. The molecule has 13 nitrogen and oxygen atoms in total. The summed E-state index contributed by atoms with van der Waals surface area (Å²) in [5.74, 6) is -2.45. The van der Waals surface area contributed by atoms with E-state index in [4.69, 9.17) is 25.2 Å². The van der Waals surface area contributed by atoms with Crippen LogP contribution in [0, 0.1) is 0 Å². The Morgan fingerprint density at radius 3 is 2.81 bits per heavy atom. The van der Waals surface area contributed by atoms with E-state index in [1.807, 2.05) is 0 Å². The molecule has 1 fully saturated rings. The maximum absolute atomic E-state index is 11.1. The normalized spacial score (nSPS) is 21.6. The minimum absolute atomic E-state index is 0.0185. The number of anilines is 1. The van der Waals surface area contributed by atoms with Gasteiger partial charge < -0.3 is 0 Å². The van der Waals surface area contributed by atoms with Gasteiger partial charge in [-0.05, 0) is 0 Å². The molecule has 1 aliphatic rings. The van der Waals surface area contributed by atoms with Crippen molar-refractivity contribution in [3.63, 3.8) is 0 Å². The van der Waals surface area contributed by atoms with E-state index in [0.29, 0.717) is 17.7 Å². The number of carboxylic acids is 2. The average Bonchev–Trinajstić information content (AvgIpc) is 3.00. The zero-order valence-corrected chi connectivity index (χ0v) is 15.0. The molecule has 0 aromatic carbocycles. The maximum atomic E-state index is 11.1. The van der Waals surface area contributed by atoms with Crippen LogP contribution in [-0.2, 0) is 25.4 Å². The molecule has 6 N–H and O–H groups in total. The summed E-state index contributed by atoms with van der Waals surface area (Å²) in [5.41, 5.74) is 6.72. The number of hydrogen-bond donors (Lipinski definition) is 5. The molecule has 0 aliphatic carbocycles. The van der Waals surface area contributed by atoms with E-state index in [-0.39, 0.29) is 18.8 Å². The molecule has 0 spiro atoms. The topological polar surface area (TPSA) is 195 Å². The Morgan fingerprint density at radius 1 is 1.41 bits per heavy atom.